The van der Waals surface area contributed by atoms with E-state index in [1.165, 1.54) is 32.4 Å². The van der Waals surface area contributed by atoms with E-state index in [0.29, 0.717) is 29.3 Å². The van der Waals surface area contributed by atoms with Crippen LogP contribution in [-0.4, -0.2) is 61.0 Å². The summed E-state index contributed by atoms with van der Waals surface area (Å²) in [6.45, 7) is 3.98. The number of hydrogen-bond acceptors (Lipinski definition) is 5. The highest BCUT2D eigenvalue weighted by Crippen LogP contribution is 2.34. The number of amides is 1. The number of aromatic nitrogens is 2. The largest absolute Gasteiger partial charge is 0.497 e. The van der Waals surface area contributed by atoms with Crippen LogP contribution in [0.3, 0.4) is 0 Å². The molecule has 7 nitrogen and oxygen atoms in total. The number of ether oxygens (including phenoxy) is 2. The summed E-state index contributed by atoms with van der Waals surface area (Å²) in [5.74, 6) is 1.15. The summed E-state index contributed by atoms with van der Waals surface area (Å²) >= 11 is 0. The molecule has 33 heavy (non-hydrogen) atoms. The van der Waals surface area contributed by atoms with Gasteiger partial charge in [0.05, 0.1) is 25.5 Å². The number of methoxy groups -OCH3 is 2. The van der Waals surface area contributed by atoms with Crippen molar-refractivity contribution in [2.24, 2.45) is 0 Å². The first-order valence-corrected chi connectivity index (χ1v) is 11.6. The van der Waals surface area contributed by atoms with Crippen molar-refractivity contribution in [3.63, 3.8) is 0 Å². The minimum absolute atomic E-state index is 0.135. The van der Waals surface area contributed by atoms with Gasteiger partial charge >= 0.3 is 0 Å². The normalized spacial score (nSPS) is 14.1. The molecule has 0 saturated carbocycles. The third-order valence-electron chi connectivity index (χ3n) is 6.03. The summed E-state index contributed by atoms with van der Waals surface area (Å²) in [5.41, 5.74) is 2.72. The Morgan fingerprint density at radius 3 is 2.55 bits per heavy atom. The van der Waals surface area contributed by atoms with Crippen LogP contribution in [0.15, 0.2) is 54.7 Å². The summed E-state index contributed by atoms with van der Waals surface area (Å²) in [5, 5.41) is 7.85. The zero-order valence-electron chi connectivity index (χ0n) is 19.4. The molecule has 3 aromatic rings. The van der Waals surface area contributed by atoms with Gasteiger partial charge in [-0.05, 0) is 63.2 Å². The number of para-hydroxylation sites is 1. The molecule has 0 bridgehead atoms. The van der Waals surface area contributed by atoms with Crippen molar-refractivity contribution in [3.05, 3.63) is 60.3 Å². The Kier molecular flexibility index (Phi) is 7.62. The van der Waals surface area contributed by atoms with Gasteiger partial charge in [0.2, 0.25) is 0 Å². The second-order valence-corrected chi connectivity index (χ2v) is 8.25. The minimum Gasteiger partial charge on any atom is -0.497 e. The van der Waals surface area contributed by atoms with Crippen LogP contribution in [0.1, 0.15) is 36.0 Å². The van der Waals surface area contributed by atoms with E-state index in [4.69, 9.17) is 14.6 Å². The van der Waals surface area contributed by atoms with Gasteiger partial charge in [0.1, 0.15) is 17.2 Å². The molecule has 0 radical (unpaired) electrons. The van der Waals surface area contributed by atoms with Crippen molar-refractivity contribution >= 4 is 5.91 Å². The van der Waals surface area contributed by atoms with Crippen molar-refractivity contribution < 1.29 is 14.3 Å². The van der Waals surface area contributed by atoms with E-state index in [2.05, 4.69) is 10.2 Å². The van der Waals surface area contributed by atoms with Crippen LogP contribution < -0.4 is 14.8 Å². The van der Waals surface area contributed by atoms with Crippen LogP contribution in [0.2, 0.25) is 0 Å². The summed E-state index contributed by atoms with van der Waals surface area (Å²) in [4.78, 5) is 15.7. The number of rotatable bonds is 9. The van der Waals surface area contributed by atoms with Crippen LogP contribution in [0.25, 0.3) is 16.9 Å². The lowest BCUT2D eigenvalue weighted by Gasteiger charge is -2.26. The summed E-state index contributed by atoms with van der Waals surface area (Å²) < 4.78 is 12.7. The predicted octanol–water partition coefficient (Wildman–Crippen LogP) is 4.16. The van der Waals surface area contributed by atoms with Crippen LogP contribution in [0.5, 0.6) is 11.5 Å². The molecule has 1 aliphatic rings. The number of nitrogens with one attached hydrogen (secondary N) is 1. The molecule has 1 saturated heterocycles. The van der Waals surface area contributed by atoms with Crippen molar-refractivity contribution in [2.45, 2.75) is 25.7 Å². The Bertz CT molecular complexity index is 1060. The summed E-state index contributed by atoms with van der Waals surface area (Å²) in [6.07, 6.45) is 6.60. The highest BCUT2D eigenvalue weighted by molar-refractivity contribution is 6.00. The van der Waals surface area contributed by atoms with E-state index in [1.807, 2.05) is 42.5 Å². The number of piperidine rings is 1. The molecule has 1 N–H and O–H groups in total. The Morgan fingerprint density at radius 2 is 1.82 bits per heavy atom. The highest BCUT2D eigenvalue weighted by Gasteiger charge is 2.21. The molecular formula is C26H32N4O3. The van der Waals surface area contributed by atoms with Crippen LogP contribution in [-0.2, 0) is 0 Å². The molecule has 2 aromatic carbocycles. The van der Waals surface area contributed by atoms with E-state index in [-0.39, 0.29) is 5.91 Å². The predicted molar refractivity (Wildman–Crippen MR) is 129 cm³/mol. The maximum Gasteiger partial charge on any atom is 0.255 e. The standard InChI is InChI=1S/C26H32N4O3/c1-32-21-12-13-22(24(18-21)33-2)25-23(19-30(28-25)20-10-5-3-6-11-20)26(31)27-14-9-17-29-15-7-4-8-16-29/h3,5-6,10-13,18-19H,4,7-9,14-17H2,1-2H3,(H,27,31). The van der Waals surface area contributed by atoms with Gasteiger partial charge in [-0.15, -0.1) is 0 Å². The molecule has 4 rings (SSSR count). The van der Waals surface area contributed by atoms with E-state index in [1.54, 1.807) is 31.2 Å². The zero-order valence-corrected chi connectivity index (χ0v) is 19.4. The molecule has 0 spiro atoms. The molecule has 2 heterocycles. The molecule has 7 heteroatoms. The van der Waals surface area contributed by atoms with Gasteiger partial charge in [-0.2, -0.15) is 5.10 Å². The summed E-state index contributed by atoms with van der Waals surface area (Å²) in [6, 6.07) is 15.3. The monoisotopic (exact) mass is 448 g/mol. The number of likely N-dealkylation sites (tertiary alicyclic amines) is 1. The molecule has 0 aliphatic carbocycles. The quantitative estimate of drug-likeness (QED) is 0.498. The lowest BCUT2D eigenvalue weighted by molar-refractivity contribution is 0.0951. The van der Waals surface area contributed by atoms with Crippen molar-refractivity contribution in [1.82, 2.24) is 20.0 Å². The fraction of sp³-hybridized carbons (Fsp3) is 0.385. The Labute approximate surface area is 195 Å². The van der Waals surface area contributed by atoms with E-state index in [0.717, 1.165) is 24.2 Å². The second-order valence-electron chi connectivity index (χ2n) is 8.25. The topological polar surface area (TPSA) is 68.6 Å². The highest BCUT2D eigenvalue weighted by atomic mass is 16.5. The van der Waals surface area contributed by atoms with Gasteiger partial charge < -0.3 is 19.7 Å². The lowest BCUT2D eigenvalue weighted by atomic mass is 10.1. The van der Waals surface area contributed by atoms with E-state index < -0.39 is 0 Å². The first kappa shape index (κ1) is 22.9. The number of carbonyl (C=O) groups is 1. The van der Waals surface area contributed by atoms with Gasteiger partial charge in [0.25, 0.3) is 5.91 Å². The molecule has 1 aromatic heterocycles. The fourth-order valence-electron chi connectivity index (χ4n) is 4.23. The van der Waals surface area contributed by atoms with Crippen LogP contribution in [0, 0.1) is 0 Å². The second kappa shape index (κ2) is 11.0. The molecule has 174 valence electrons. The average Bonchev–Trinajstić information content (AvgIpc) is 3.32. The SMILES string of the molecule is COc1ccc(-c2nn(-c3ccccc3)cc2C(=O)NCCCN2CCCCC2)c(OC)c1. The van der Waals surface area contributed by atoms with Gasteiger partial charge in [0, 0.05) is 24.4 Å². The van der Waals surface area contributed by atoms with E-state index in [9.17, 15) is 4.79 Å². The number of nitrogens with zero attached hydrogens (tertiary/aromatic N) is 3. The van der Waals surface area contributed by atoms with Gasteiger partial charge in [0.15, 0.2) is 0 Å². The lowest BCUT2D eigenvalue weighted by Crippen LogP contribution is -2.33. The molecule has 0 unspecified atom stereocenters. The van der Waals surface area contributed by atoms with E-state index >= 15 is 0 Å². The Balaban J connectivity index is 1.56. The number of hydrogen-bond donors (Lipinski definition) is 1. The van der Waals surface area contributed by atoms with Crippen molar-refractivity contribution in [3.8, 4) is 28.4 Å². The molecular weight excluding hydrogens is 416 g/mol. The van der Waals surface area contributed by atoms with Crippen molar-refractivity contribution in [2.75, 3.05) is 40.4 Å². The third-order valence-corrected chi connectivity index (χ3v) is 6.03. The minimum atomic E-state index is -0.135. The Hall–Kier alpha value is -3.32. The number of carbonyl (C=O) groups excluding carboxylic acids is 1. The van der Waals surface area contributed by atoms with Gasteiger partial charge in [-0.1, -0.05) is 24.6 Å². The molecule has 1 fully saturated rings. The zero-order chi connectivity index (χ0) is 23.0. The molecule has 0 atom stereocenters. The third kappa shape index (κ3) is 5.54. The van der Waals surface area contributed by atoms with Crippen LogP contribution in [0.4, 0.5) is 0 Å². The number of benzene rings is 2. The maximum absolute atomic E-state index is 13.2. The average molecular weight is 449 g/mol. The fourth-order valence-corrected chi connectivity index (χ4v) is 4.23. The smallest absolute Gasteiger partial charge is 0.255 e. The maximum atomic E-state index is 13.2. The van der Waals surface area contributed by atoms with Crippen molar-refractivity contribution in [1.29, 1.82) is 0 Å². The first-order chi connectivity index (χ1) is 16.2. The molecule has 1 aliphatic heterocycles. The molecule has 1 amide bonds. The van der Waals surface area contributed by atoms with Gasteiger partial charge in [-0.3, -0.25) is 4.79 Å². The summed E-state index contributed by atoms with van der Waals surface area (Å²) in [7, 11) is 3.22. The van der Waals surface area contributed by atoms with Crippen LogP contribution >= 0.6 is 0 Å². The Morgan fingerprint density at radius 1 is 1.03 bits per heavy atom. The van der Waals surface area contributed by atoms with Gasteiger partial charge in [-0.25, -0.2) is 4.68 Å². The first-order valence-electron chi connectivity index (χ1n) is 11.6.